The lowest BCUT2D eigenvalue weighted by Gasteiger charge is -2.27. The quantitative estimate of drug-likeness (QED) is 0.215. The van der Waals surface area contributed by atoms with Crippen LogP contribution >= 0.6 is 0 Å². The fraction of sp³-hybridized carbons (Fsp3) is 0.406. The standard InChI is InChI=1S/C32H39N7O8/c1-18(2)26-30(45)34-23(15-20-7-5-4-6-8-20)28(43)37-27(19(3)40)29(44)33-13-14-38(16-24(41)35-26)31(46)21-9-11-22(12-10-21)39-17-25(42)36-32(39)47/h4-12,18-19,23,26-27,40H,13-17H2,1-3H3,(H,33,44)(H,34,45)(H,35,41)(H,37,43)(H,36,42,47)/t19-,23+,26-,27+/m1/s1. The van der Waals surface area contributed by atoms with E-state index >= 15 is 0 Å². The summed E-state index contributed by atoms with van der Waals surface area (Å²) in [7, 11) is 0. The molecule has 4 rings (SSSR count). The van der Waals surface area contributed by atoms with Gasteiger partial charge in [-0.1, -0.05) is 44.2 Å². The van der Waals surface area contributed by atoms with E-state index in [2.05, 4.69) is 26.6 Å². The number of imide groups is 1. The average molecular weight is 650 g/mol. The number of urea groups is 1. The molecule has 0 bridgehead atoms. The average Bonchev–Trinajstić information content (AvgIpc) is 3.38. The summed E-state index contributed by atoms with van der Waals surface area (Å²) in [6, 6.07) is 10.6. The molecule has 4 atom stereocenters. The number of carbonyl (C=O) groups is 7. The number of aliphatic hydroxyl groups is 1. The summed E-state index contributed by atoms with van der Waals surface area (Å²) in [6.45, 7) is 3.86. The first-order chi connectivity index (χ1) is 22.3. The monoisotopic (exact) mass is 649 g/mol. The van der Waals surface area contributed by atoms with Crippen molar-refractivity contribution >= 4 is 47.2 Å². The van der Waals surface area contributed by atoms with Gasteiger partial charge in [-0.25, -0.2) is 4.79 Å². The lowest BCUT2D eigenvalue weighted by Crippen LogP contribution is -2.60. The van der Waals surface area contributed by atoms with Gasteiger partial charge in [0.2, 0.25) is 29.5 Å². The van der Waals surface area contributed by atoms with Gasteiger partial charge >= 0.3 is 6.03 Å². The molecule has 0 saturated carbocycles. The number of hydrogen-bond acceptors (Lipinski definition) is 8. The van der Waals surface area contributed by atoms with Crippen LogP contribution in [0.5, 0.6) is 0 Å². The van der Waals surface area contributed by atoms with E-state index in [4.69, 9.17) is 0 Å². The number of carbonyl (C=O) groups excluding carboxylic acids is 7. The number of benzene rings is 2. The zero-order valence-corrected chi connectivity index (χ0v) is 26.3. The maximum atomic E-state index is 13.6. The highest BCUT2D eigenvalue weighted by Crippen LogP contribution is 2.19. The normalized spacial score (nSPS) is 22.4. The van der Waals surface area contributed by atoms with Gasteiger partial charge in [0.1, 0.15) is 24.7 Å². The molecular formula is C32H39N7O8. The summed E-state index contributed by atoms with van der Waals surface area (Å²) < 4.78 is 0. The number of amides is 8. The summed E-state index contributed by atoms with van der Waals surface area (Å²) in [6.07, 6.45) is -1.23. The number of anilines is 1. The first kappa shape index (κ1) is 34.6. The number of hydrogen-bond donors (Lipinski definition) is 6. The minimum absolute atomic E-state index is 0.0745. The van der Waals surface area contributed by atoms with E-state index in [1.54, 1.807) is 44.2 Å². The maximum Gasteiger partial charge on any atom is 0.329 e. The van der Waals surface area contributed by atoms with E-state index < -0.39 is 78.2 Å². The second-order valence-corrected chi connectivity index (χ2v) is 11.8. The SMILES string of the molecule is CC(C)[C@H]1NC(=O)CN(C(=O)c2ccc(N3CC(=O)NC3=O)cc2)CCNC(=O)[C@H]([C@@H](C)O)NC(=O)[C@H](Cc2ccccc2)NC1=O. The van der Waals surface area contributed by atoms with Crippen molar-refractivity contribution < 1.29 is 38.7 Å². The van der Waals surface area contributed by atoms with E-state index in [-0.39, 0.29) is 31.6 Å². The van der Waals surface area contributed by atoms with Crippen molar-refractivity contribution in [2.75, 3.05) is 31.1 Å². The summed E-state index contributed by atoms with van der Waals surface area (Å²) in [5, 5.41) is 23.1. The van der Waals surface area contributed by atoms with E-state index in [1.807, 2.05) is 0 Å². The predicted molar refractivity (Wildman–Crippen MR) is 169 cm³/mol. The van der Waals surface area contributed by atoms with Crippen LogP contribution in [0, 0.1) is 5.92 Å². The number of aliphatic hydroxyl groups excluding tert-OH is 1. The Bertz CT molecular complexity index is 1510. The van der Waals surface area contributed by atoms with E-state index in [1.165, 1.54) is 41.0 Å². The van der Waals surface area contributed by atoms with Gasteiger partial charge in [-0.3, -0.25) is 39.0 Å². The Morgan fingerprint density at radius 2 is 1.49 bits per heavy atom. The first-order valence-corrected chi connectivity index (χ1v) is 15.2. The molecule has 250 valence electrons. The second kappa shape index (κ2) is 15.3. The predicted octanol–water partition coefficient (Wildman–Crippen LogP) is -0.951. The summed E-state index contributed by atoms with van der Waals surface area (Å²) in [5.41, 5.74) is 1.27. The third-order valence-corrected chi connectivity index (χ3v) is 7.77. The Kier molecular flexibility index (Phi) is 11.3. The maximum absolute atomic E-state index is 13.6. The van der Waals surface area contributed by atoms with Crippen LogP contribution in [0.3, 0.4) is 0 Å². The fourth-order valence-corrected chi connectivity index (χ4v) is 5.20. The summed E-state index contributed by atoms with van der Waals surface area (Å²) in [4.78, 5) is 93.0. The van der Waals surface area contributed by atoms with Crippen molar-refractivity contribution in [1.82, 2.24) is 31.5 Å². The molecular weight excluding hydrogens is 610 g/mol. The Balaban J connectivity index is 1.59. The molecule has 0 spiro atoms. The van der Waals surface area contributed by atoms with E-state index in [0.717, 1.165) is 5.56 Å². The minimum atomic E-state index is -1.38. The third kappa shape index (κ3) is 8.91. The van der Waals surface area contributed by atoms with Crippen molar-refractivity contribution in [2.24, 2.45) is 5.92 Å². The first-order valence-electron chi connectivity index (χ1n) is 15.2. The molecule has 2 fully saturated rings. The molecule has 0 aromatic heterocycles. The zero-order valence-electron chi connectivity index (χ0n) is 26.3. The lowest BCUT2D eigenvalue weighted by molar-refractivity contribution is -0.135. The molecule has 0 unspecified atom stereocenters. The summed E-state index contributed by atoms with van der Waals surface area (Å²) in [5.74, 6) is -4.17. The Hall–Kier alpha value is -5.31. The van der Waals surface area contributed by atoms with Gasteiger partial charge in [0.15, 0.2) is 0 Å². The smallest absolute Gasteiger partial charge is 0.329 e. The van der Waals surface area contributed by atoms with Crippen LogP contribution in [0.1, 0.15) is 36.7 Å². The molecule has 2 heterocycles. The van der Waals surface area contributed by atoms with Gasteiger partial charge in [-0.05, 0) is 42.7 Å². The lowest BCUT2D eigenvalue weighted by atomic mass is 10.0. The Morgan fingerprint density at radius 1 is 0.809 bits per heavy atom. The van der Waals surface area contributed by atoms with Gasteiger partial charge in [-0.15, -0.1) is 0 Å². The van der Waals surface area contributed by atoms with E-state index in [0.29, 0.717) is 5.69 Å². The van der Waals surface area contributed by atoms with Crippen molar-refractivity contribution in [3.63, 3.8) is 0 Å². The molecule has 0 radical (unpaired) electrons. The zero-order chi connectivity index (χ0) is 34.2. The molecule has 2 aromatic rings. The molecule has 0 aliphatic carbocycles. The Morgan fingerprint density at radius 3 is 2.09 bits per heavy atom. The number of rotatable bonds is 6. The van der Waals surface area contributed by atoms with Crippen LogP contribution in [0.4, 0.5) is 10.5 Å². The van der Waals surface area contributed by atoms with Crippen LogP contribution in [-0.2, 0) is 30.4 Å². The van der Waals surface area contributed by atoms with Crippen molar-refractivity contribution in [2.45, 2.75) is 51.4 Å². The number of nitrogens with zero attached hydrogens (tertiary/aromatic N) is 2. The summed E-state index contributed by atoms with van der Waals surface area (Å²) >= 11 is 0. The van der Waals surface area contributed by atoms with Crippen LogP contribution in [0.2, 0.25) is 0 Å². The molecule has 2 saturated heterocycles. The van der Waals surface area contributed by atoms with Gasteiger partial charge in [-0.2, -0.15) is 0 Å². The van der Waals surface area contributed by atoms with E-state index in [9.17, 15) is 38.7 Å². The largest absolute Gasteiger partial charge is 0.391 e. The van der Waals surface area contributed by atoms with Crippen molar-refractivity contribution in [3.05, 3.63) is 65.7 Å². The second-order valence-electron chi connectivity index (χ2n) is 11.8. The Labute approximate surface area is 271 Å². The topological polar surface area (TPSA) is 206 Å². The van der Waals surface area contributed by atoms with Gasteiger partial charge in [0.05, 0.1) is 12.6 Å². The molecule has 15 nitrogen and oxygen atoms in total. The molecule has 2 aliphatic rings. The van der Waals surface area contributed by atoms with Crippen LogP contribution in [-0.4, -0.2) is 102 Å². The van der Waals surface area contributed by atoms with Crippen molar-refractivity contribution in [1.29, 1.82) is 0 Å². The molecule has 15 heteroatoms. The highest BCUT2D eigenvalue weighted by Gasteiger charge is 2.34. The van der Waals surface area contributed by atoms with Crippen LogP contribution in [0.25, 0.3) is 0 Å². The van der Waals surface area contributed by atoms with Gasteiger partial charge < -0.3 is 31.3 Å². The molecule has 47 heavy (non-hydrogen) atoms. The highest BCUT2D eigenvalue weighted by atomic mass is 16.3. The van der Waals surface area contributed by atoms with Crippen LogP contribution in [0.15, 0.2) is 54.6 Å². The third-order valence-electron chi connectivity index (χ3n) is 7.77. The highest BCUT2D eigenvalue weighted by molar-refractivity contribution is 6.12. The molecule has 6 N–H and O–H groups in total. The van der Waals surface area contributed by atoms with Crippen LogP contribution < -0.4 is 31.5 Å². The van der Waals surface area contributed by atoms with Gasteiger partial charge in [0, 0.05) is 30.8 Å². The minimum Gasteiger partial charge on any atom is -0.391 e. The van der Waals surface area contributed by atoms with Gasteiger partial charge in [0.25, 0.3) is 5.91 Å². The molecule has 2 aliphatic heterocycles. The van der Waals surface area contributed by atoms with Crippen molar-refractivity contribution in [3.8, 4) is 0 Å². The molecule has 8 amide bonds. The number of nitrogens with one attached hydrogen (secondary N) is 5. The molecule has 2 aromatic carbocycles. The fourth-order valence-electron chi connectivity index (χ4n) is 5.20.